The summed E-state index contributed by atoms with van der Waals surface area (Å²) in [5.74, 6) is -1.45. The normalized spacial score (nSPS) is 27.2. The largest absolute Gasteiger partial charge is 0.394 e. The van der Waals surface area contributed by atoms with Gasteiger partial charge in [0.2, 0.25) is 5.91 Å². The van der Waals surface area contributed by atoms with Gasteiger partial charge in [0.25, 0.3) is 0 Å². The number of nitrogens with two attached hydrogens (primary N) is 1. The molecule has 3 amide bonds. The molecule has 2 saturated heterocycles. The molecule has 0 unspecified atom stereocenters. The van der Waals surface area contributed by atoms with E-state index in [0.717, 1.165) is 44.2 Å². The predicted octanol–water partition coefficient (Wildman–Crippen LogP) is 2.48. The number of aliphatic hydroxyl groups excluding tert-OH is 4. The summed E-state index contributed by atoms with van der Waals surface area (Å²) in [5.41, 5.74) is 6.89. The summed E-state index contributed by atoms with van der Waals surface area (Å²) in [6.07, 6.45) is -0.0416. The standard InChI is InChI=1S/C37H54F2N6O9/c1-2-3-4-5-6-7-8-9-10-29(48)44-30-27(19-46)52-21-26(43-36(40)41-24-15-11-22(38)12-16-24)34(30)54-35-31(33(50)32(49)28(20-47)53-35)45-37(51)42-25-17-13-23(39)14-18-25/h11-18,26-28,30-35,46-47,49-50H,2-10,19-21H2,1H3,(H,44,48)(H3,40,41,43)(H2,42,45,51)/t26-,27+,28+,30-,31+,32+,33+,34+,35-/m0/s1. The van der Waals surface area contributed by atoms with E-state index in [1.807, 2.05) is 0 Å². The number of benzene rings is 2. The summed E-state index contributed by atoms with van der Waals surface area (Å²) in [6.45, 7) is 0.732. The number of aliphatic imine (C=N–C) groups is 1. The fourth-order valence-corrected chi connectivity index (χ4v) is 6.43. The van der Waals surface area contributed by atoms with E-state index in [1.54, 1.807) is 0 Å². The Bertz CT molecular complexity index is 1470. The van der Waals surface area contributed by atoms with E-state index in [9.17, 15) is 38.8 Å². The second kappa shape index (κ2) is 21.8. The third-order valence-electron chi connectivity index (χ3n) is 9.37. The van der Waals surface area contributed by atoms with Crippen LogP contribution in [-0.2, 0) is 19.0 Å². The minimum absolute atomic E-state index is 0.128. The van der Waals surface area contributed by atoms with Crippen LogP contribution in [0.15, 0.2) is 53.5 Å². The van der Waals surface area contributed by atoms with Crippen LogP contribution in [-0.4, -0.2) is 113 Å². The van der Waals surface area contributed by atoms with Crippen molar-refractivity contribution in [1.29, 1.82) is 0 Å². The van der Waals surface area contributed by atoms with Crippen LogP contribution in [0.25, 0.3) is 0 Å². The van der Waals surface area contributed by atoms with E-state index in [2.05, 4.69) is 33.2 Å². The summed E-state index contributed by atoms with van der Waals surface area (Å²) in [6, 6.07) is 5.87. The van der Waals surface area contributed by atoms with Crippen LogP contribution in [0.3, 0.4) is 0 Å². The Morgan fingerprint density at radius 1 is 0.815 bits per heavy atom. The summed E-state index contributed by atoms with van der Waals surface area (Å²) >= 11 is 0. The van der Waals surface area contributed by atoms with Gasteiger partial charge in [0.1, 0.15) is 54.2 Å². The molecule has 2 aromatic rings. The van der Waals surface area contributed by atoms with Crippen LogP contribution in [0, 0.1) is 11.6 Å². The molecule has 300 valence electrons. The Morgan fingerprint density at radius 2 is 1.39 bits per heavy atom. The number of aliphatic hydroxyl groups is 4. The average Bonchev–Trinajstić information content (AvgIpc) is 3.15. The first-order valence-corrected chi connectivity index (χ1v) is 18.5. The molecule has 0 radical (unpaired) electrons. The fraction of sp³-hybridized carbons (Fsp3) is 0.595. The van der Waals surface area contributed by atoms with E-state index in [1.165, 1.54) is 49.2 Å². The summed E-state index contributed by atoms with van der Waals surface area (Å²) in [5, 5.41) is 53.0. The molecule has 10 N–H and O–H groups in total. The quantitative estimate of drug-likeness (QED) is 0.0609. The molecule has 2 aliphatic heterocycles. The van der Waals surface area contributed by atoms with E-state index < -0.39 is 85.8 Å². The van der Waals surface area contributed by atoms with Crippen LogP contribution in [0.5, 0.6) is 0 Å². The van der Waals surface area contributed by atoms with Crippen molar-refractivity contribution >= 4 is 29.3 Å². The number of nitrogens with zero attached hydrogens (tertiary/aromatic N) is 1. The monoisotopic (exact) mass is 764 g/mol. The maximum absolute atomic E-state index is 13.5. The number of hydrogen-bond donors (Lipinski definition) is 9. The highest BCUT2D eigenvalue weighted by Gasteiger charge is 2.50. The third-order valence-corrected chi connectivity index (χ3v) is 9.37. The Labute approximate surface area is 313 Å². The number of amides is 3. The van der Waals surface area contributed by atoms with Gasteiger partial charge in [-0.1, -0.05) is 51.9 Å². The number of anilines is 2. The molecule has 0 aromatic heterocycles. The topological polar surface area (TPSA) is 229 Å². The van der Waals surface area contributed by atoms with Gasteiger partial charge < -0.3 is 61.6 Å². The molecule has 15 nitrogen and oxygen atoms in total. The highest BCUT2D eigenvalue weighted by atomic mass is 19.1. The van der Waals surface area contributed by atoms with E-state index in [-0.39, 0.29) is 30.6 Å². The van der Waals surface area contributed by atoms with Gasteiger partial charge in [-0.05, 0) is 55.0 Å². The first kappa shape index (κ1) is 42.8. The van der Waals surface area contributed by atoms with Crippen molar-refractivity contribution in [2.45, 2.75) is 120 Å². The van der Waals surface area contributed by atoms with Crippen LogP contribution in [0.4, 0.5) is 25.0 Å². The molecule has 2 aromatic carbocycles. The maximum atomic E-state index is 13.5. The van der Waals surface area contributed by atoms with Crippen molar-refractivity contribution in [3.8, 4) is 0 Å². The molecule has 2 heterocycles. The van der Waals surface area contributed by atoms with Crippen LogP contribution < -0.4 is 27.0 Å². The number of ether oxygens (including phenoxy) is 3. The number of rotatable bonds is 18. The zero-order valence-electron chi connectivity index (χ0n) is 30.4. The summed E-state index contributed by atoms with van der Waals surface area (Å²) in [7, 11) is 0. The third kappa shape index (κ3) is 12.8. The van der Waals surface area contributed by atoms with E-state index in [0.29, 0.717) is 12.1 Å². The van der Waals surface area contributed by atoms with E-state index in [4.69, 9.17) is 19.9 Å². The number of hydrogen-bond acceptors (Lipinski definition) is 10. The van der Waals surface area contributed by atoms with Crippen molar-refractivity contribution in [2.75, 3.05) is 30.5 Å². The molecule has 2 aliphatic rings. The number of guanidine groups is 1. The van der Waals surface area contributed by atoms with Crippen LogP contribution in [0.2, 0.25) is 0 Å². The Balaban J connectivity index is 1.57. The molecule has 54 heavy (non-hydrogen) atoms. The van der Waals surface area contributed by atoms with Gasteiger partial charge in [0, 0.05) is 17.8 Å². The fourth-order valence-electron chi connectivity index (χ4n) is 6.43. The second-order valence-corrected chi connectivity index (χ2v) is 13.5. The van der Waals surface area contributed by atoms with Crippen molar-refractivity contribution in [3.05, 3.63) is 60.2 Å². The lowest BCUT2D eigenvalue weighted by Crippen LogP contribution is -2.68. The molecule has 0 aliphatic carbocycles. The van der Waals surface area contributed by atoms with Crippen molar-refractivity contribution in [3.63, 3.8) is 0 Å². The van der Waals surface area contributed by atoms with Gasteiger partial charge in [-0.15, -0.1) is 0 Å². The Morgan fingerprint density at radius 3 is 1.98 bits per heavy atom. The number of unbranched alkanes of at least 4 members (excludes halogenated alkanes) is 7. The second-order valence-electron chi connectivity index (χ2n) is 13.5. The maximum Gasteiger partial charge on any atom is 0.319 e. The molecule has 0 spiro atoms. The van der Waals surface area contributed by atoms with Crippen LogP contribution >= 0.6 is 0 Å². The smallest absolute Gasteiger partial charge is 0.319 e. The van der Waals surface area contributed by atoms with Gasteiger partial charge in [0.05, 0.1) is 25.9 Å². The molecular weight excluding hydrogens is 710 g/mol. The lowest BCUT2D eigenvalue weighted by Gasteiger charge is -2.47. The molecule has 2 fully saturated rings. The first-order chi connectivity index (χ1) is 26.0. The summed E-state index contributed by atoms with van der Waals surface area (Å²) < 4.78 is 45.2. The number of halogens is 2. The minimum atomic E-state index is -1.73. The van der Waals surface area contributed by atoms with Gasteiger partial charge in [0.15, 0.2) is 12.2 Å². The zero-order chi connectivity index (χ0) is 39.0. The van der Waals surface area contributed by atoms with Gasteiger partial charge in [-0.3, -0.25) is 4.79 Å². The molecule has 0 saturated carbocycles. The van der Waals surface area contributed by atoms with E-state index >= 15 is 0 Å². The minimum Gasteiger partial charge on any atom is -0.394 e. The lowest BCUT2D eigenvalue weighted by atomic mass is 9.93. The lowest BCUT2D eigenvalue weighted by molar-refractivity contribution is -0.292. The summed E-state index contributed by atoms with van der Waals surface area (Å²) in [4.78, 5) is 31.0. The van der Waals surface area contributed by atoms with Crippen LogP contribution in [0.1, 0.15) is 64.7 Å². The molecule has 4 rings (SSSR count). The number of carbonyl (C=O) groups excluding carboxylic acids is 2. The van der Waals surface area contributed by atoms with Crippen molar-refractivity contribution in [2.24, 2.45) is 10.7 Å². The first-order valence-electron chi connectivity index (χ1n) is 18.5. The zero-order valence-corrected chi connectivity index (χ0v) is 30.4. The molecule has 0 bridgehead atoms. The van der Waals surface area contributed by atoms with Gasteiger partial charge in [-0.25, -0.2) is 18.6 Å². The highest BCUT2D eigenvalue weighted by molar-refractivity contribution is 5.92. The molecular formula is C37H54F2N6O9. The average molecular weight is 765 g/mol. The van der Waals surface area contributed by atoms with Gasteiger partial charge in [-0.2, -0.15) is 0 Å². The van der Waals surface area contributed by atoms with Crippen molar-refractivity contribution < 1.29 is 53.0 Å². The Hall–Kier alpha value is -3.97. The highest BCUT2D eigenvalue weighted by Crippen LogP contribution is 2.29. The Kier molecular flexibility index (Phi) is 17.3. The number of carbonyl (C=O) groups is 2. The molecule has 9 atom stereocenters. The number of nitrogens with one attached hydrogen (secondary N) is 4. The van der Waals surface area contributed by atoms with Gasteiger partial charge >= 0.3 is 6.03 Å². The van der Waals surface area contributed by atoms with Crippen molar-refractivity contribution in [1.82, 2.24) is 10.6 Å². The number of urea groups is 1. The predicted molar refractivity (Wildman–Crippen MR) is 196 cm³/mol. The molecule has 17 heteroatoms. The SMILES string of the molecule is CCCCCCCCCCC(=O)N[C@@H]1[C@H](O[C@@H]2O[C@H](CO)[C@@H](O)[C@H](O)[C@H]2NC(=O)Nc2ccc(F)cc2)[C@@H](N=C(N)Nc2ccc(F)cc2)CO[C@@H]1CO.